The van der Waals surface area contributed by atoms with Crippen molar-refractivity contribution in [1.29, 1.82) is 0 Å². The number of aromatic nitrogens is 3. The standard InChI is InChI=1S/C16H21N3O/c1-11(2)19-15(10-20)17-18-16(19)14-9-5-7-12-6-3-4-8-13(12)14/h3-4,6,8,11,14,20H,5,7,9-10H2,1-2H3. The highest BCUT2D eigenvalue weighted by atomic mass is 16.3. The molecule has 0 saturated heterocycles. The average molecular weight is 271 g/mol. The van der Waals surface area contributed by atoms with Crippen molar-refractivity contribution in [1.82, 2.24) is 14.8 Å². The van der Waals surface area contributed by atoms with E-state index in [-0.39, 0.29) is 12.6 Å². The Hall–Kier alpha value is -1.68. The van der Waals surface area contributed by atoms with Crippen LogP contribution in [0.15, 0.2) is 24.3 Å². The number of benzene rings is 1. The molecule has 0 radical (unpaired) electrons. The summed E-state index contributed by atoms with van der Waals surface area (Å²) in [6.07, 6.45) is 3.43. The first kappa shape index (κ1) is 13.3. The molecule has 1 atom stereocenters. The van der Waals surface area contributed by atoms with Crippen molar-refractivity contribution in [3.63, 3.8) is 0 Å². The van der Waals surface area contributed by atoms with Crippen molar-refractivity contribution in [3.8, 4) is 0 Å². The fourth-order valence-electron chi connectivity index (χ4n) is 3.27. The Morgan fingerprint density at radius 1 is 1.30 bits per heavy atom. The number of aryl methyl sites for hydroxylation is 1. The van der Waals surface area contributed by atoms with Crippen LogP contribution in [0.5, 0.6) is 0 Å². The van der Waals surface area contributed by atoms with Crippen LogP contribution in [-0.2, 0) is 13.0 Å². The topological polar surface area (TPSA) is 50.9 Å². The van der Waals surface area contributed by atoms with Crippen molar-refractivity contribution in [2.45, 2.75) is 51.7 Å². The van der Waals surface area contributed by atoms with Crippen LogP contribution in [0.25, 0.3) is 0 Å². The molecule has 0 bridgehead atoms. The number of aliphatic hydroxyl groups excluding tert-OH is 1. The molecule has 1 N–H and O–H groups in total. The second-order valence-corrected chi connectivity index (χ2v) is 5.74. The summed E-state index contributed by atoms with van der Waals surface area (Å²) in [4.78, 5) is 0. The summed E-state index contributed by atoms with van der Waals surface area (Å²) >= 11 is 0. The van der Waals surface area contributed by atoms with Crippen LogP contribution in [0, 0.1) is 0 Å². The minimum Gasteiger partial charge on any atom is -0.388 e. The summed E-state index contributed by atoms with van der Waals surface area (Å²) in [5.41, 5.74) is 2.80. The maximum absolute atomic E-state index is 9.45. The molecule has 1 unspecified atom stereocenters. The second kappa shape index (κ2) is 5.37. The first-order valence-electron chi connectivity index (χ1n) is 7.34. The molecule has 1 heterocycles. The number of rotatable bonds is 3. The van der Waals surface area contributed by atoms with E-state index in [0.717, 1.165) is 18.7 Å². The monoisotopic (exact) mass is 271 g/mol. The van der Waals surface area contributed by atoms with Crippen molar-refractivity contribution in [3.05, 3.63) is 47.0 Å². The molecule has 3 rings (SSSR count). The van der Waals surface area contributed by atoms with E-state index in [1.807, 2.05) is 0 Å². The van der Waals surface area contributed by atoms with Crippen molar-refractivity contribution in [2.24, 2.45) is 0 Å². The molecule has 0 fully saturated rings. The van der Waals surface area contributed by atoms with Gasteiger partial charge in [-0.25, -0.2) is 0 Å². The van der Waals surface area contributed by atoms with E-state index in [1.165, 1.54) is 17.5 Å². The lowest BCUT2D eigenvalue weighted by Crippen LogP contribution is -2.18. The summed E-state index contributed by atoms with van der Waals surface area (Å²) in [5, 5.41) is 18.0. The van der Waals surface area contributed by atoms with Gasteiger partial charge in [0, 0.05) is 12.0 Å². The van der Waals surface area contributed by atoms with Gasteiger partial charge in [0.15, 0.2) is 5.82 Å². The highest BCUT2D eigenvalue weighted by Crippen LogP contribution is 2.36. The van der Waals surface area contributed by atoms with Crippen molar-refractivity contribution in [2.75, 3.05) is 0 Å². The molecule has 1 aliphatic rings. The van der Waals surface area contributed by atoms with Crippen LogP contribution >= 0.6 is 0 Å². The molecule has 0 spiro atoms. The van der Waals surface area contributed by atoms with Crippen LogP contribution < -0.4 is 0 Å². The lowest BCUT2D eigenvalue weighted by molar-refractivity contribution is 0.261. The predicted molar refractivity (Wildman–Crippen MR) is 77.6 cm³/mol. The average Bonchev–Trinajstić information content (AvgIpc) is 2.90. The lowest BCUT2D eigenvalue weighted by atomic mass is 9.82. The molecule has 106 valence electrons. The molecule has 0 amide bonds. The first-order valence-corrected chi connectivity index (χ1v) is 7.34. The Morgan fingerprint density at radius 3 is 2.85 bits per heavy atom. The molecule has 20 heavy (non-hydrogen) atoms. The molecule has 4 nitrogen and oxygen atoms in total. The maximum Gasteiger partial charge on any atom is 0.159 e. The zero-order chi connectivity index (χ0) is 14.1. The van der Waals surface area contributed by atoms with Crippen LogP contribution in [0.4, 0.5) is 0 Å². The first-order chi connectivity index (χ1) is 9.72. The third kappa shape index (κ3) is 2.14. The summed E-state index contributed by atoms with van der Waals surface area (Å²) in [7, 11) is 0. The van der Waals surface area contributed by atoms with Gasteiger partial charge in [0.1, 0.15) is 12.4 Å². The van der Waals surface area contributed by atoms with E-state index in [4.69, 9.17) is 0 Å². The highest BCUT2D eigenvalue weighted by Gasteiger charge is 2.27. The Bertz CT molecular complexity index is 604. The fourth-order valence-corrected chi connectivity index (χ4v) is 3.27. The van der Waals surface area contributed by atoms with Crippen molar-refractivity contribution >= 4 is 0 Å². The minimum atomic E-state index is -0.0560. The van der Waals surface area contributed by atoms with Gasteiger partial charge in [0.2, 0.25) is 0 Å². The highest BCUT2D eigenvalue weighted by molar-refractivity contribution is 5.36. The van der Waals surface area contributed by atoms with E-state index in [1.54, 1.807) is 0 Å². The van der Waals surface area contributed by atoms with Crippen LogP contribution in [0.3, 0.4) is 0 Å². The Balaban J connectivity index is 2.09. The van der Waals surface area contributed by atoms with E-state index >= 15 is 0 Å². The number of nitrogens with zero attached hydrogens (tertiary/aromatic N) is 3. The van der Waals surface area contributed by atoms with Gasteiger partial charge in [0.25, 0.3) is 0 Å². The number of aliphatic hydroxyl groups is 1. The Labute approximate surface area is 119 Å². The Kier molecular flexibility index (Phi) is 3.57. The molecular formula is C16H21N3O. The van der Waals surface area contributed by atoms with Gasteiger partial charge in [0.05, 0.1) is 0 Å². The summed E-state index contributed by atoms with van der Waals surface area (Å²) in [5.74, 6) is 1.96. The molecule has 0 aliphatic heterocycles. The SMILES string of the molecule is CC(C)n1c(CO)nnc1C1CCCc2ccccc21. The molecule has 2 aromatic rings. The molecular weight excluding hydrogens is 250 g/mol. The van der Waals surface area contributed by atoms with Gasteiger partial charge in [-0.1, -0.05) is 24.3 Å². The van der Waals surface area contributed by atoms with Gasteiger partial charge in [-0.2, -0.15) is 0 Å². The quantitative estimate of drug-likeness (QED) is 0.934. The van der Waals surface area contributed by atoms with Crippen LogP contribution in [-0.4, -0.2) is 19.9 Å². The van der Waals surface area contributed by atoms with Gasteiger partial charge >= 0.3 is 0 Å². The number of fused-ring (bicyclic) bond motifs is 1. The molecule has 4 heteroatoms. The third-order valence-corrected chi connectivity index (χ3v) is 4.13. The van der Waals surface area contributed by atoms with Gasteiger partial charge in [-0.3, -0.25) is 0 Å². The van der Waals surface area contributed by atoms with Crippen LogP contribution in [0.1, 0.15) is 61.4 Å². The number of hydrogen-bond acceptors (Lipinski definition) is 3. The van der Waals surface area contributed by atoms with Crippen molar-refractivity contribution < 1.29 is 5.11 Å². The summed E-state index contributed by atoms with van der Waals surface area (Å²) < 4.78 is 2.09. The Morgan fingerprint density at radius 2 is 2.10 bits per heavy atom. The molecule has 0 saturated carbocycles. The van der Waals surface area contributed by atoms with Gasteiger partial charge < -0.3 is 9.67 Å². The fraction of sp³-hybridized carbons (Fsp3) is 0.500. The normalized spacial score (nSPS) is 18.3. The number of hydrogen-bond donors (Lipinski definition) is 1. The van der Waals surface area contributed by atoms with E-state index in [9.17, 15) is 5.11 Å². The minimum absolute atomic E-state index is 0.0560. The van der Waals surface area contributed by atoms with Crippen LogP contribution in [0.2, 0.25) is 0 Å². The summed E-state index contributed by atoms with van der Waals surface area (Å²) in [6, 6.07) is 8.88. The predicted octanol–water partition coefficient (Wildman–Crippen LogP) is 2.82. The molecule has 1 aromatic carbocycles. The van der Waals surface area contributed by atoms with E-state index < -0.39 is 0 Å². The lowest BCUT2D eigenvalue weighted by Gasteiger charge is -2.26. The van der Waals surface area contributed by atoms with Gasteiger partial charge in [-0.15, -0.1) is 10.2 Å². The summed E-state index contributed by atoms with van der Waals surface area (Å²) in [6.45, 7) is 4.17. The third-order valence-electron chi connectivity index (χ3n) is 4.13. The van der Waals surface area contributed by atoms with Gasteiger partial charge in [-0.05, 0) is 44.2 Å². The zero-order valence-corrected chi connectivity index (χ0v) is 12.1. The smallest absolute Gasteiger partial charge is 0.159 e. The van der Waals surface area contributed by atoms with E-state index in [0.29, 0.717) is 11.7 Å². The largest absolute Gasteiger partial charge is 0.388 e. The maximum atomic E-state index is 9.45. The molecule has 1 aliphatic carbocycles. The second-order valence-electron chi connectivity index (χ2n) is 5.74. The zero-order valence-electron chi connectivity index (χ0n) is 12.1. The molecule has 1 aromatic heterocycles. The van der Waals surface area contributed by atoms with E-state index in [2.05, 4.69) is 52.9 Å².